The van der Waals surface area contributed by atoms with Crippen molar-refractivity contribution in [1.29, 1.82) is 0 Å². The SMILES string of the molecule is [C-]#[N+]C[C@H]1CN(c2nc(O[C@@H](C)CN(C)C3CCCCC3)nc3c2CCN(c2cccc4cccc(C)c24)C3)CCN1C(=O)C=C. The number of piperazine rings is 1. The number of benzene rings is 2. The van der Waals surface area contributed by atoms with Crippen LogP contribution in [0.15, 0.2) is 49.1 Å². The molecule has 3 aliphatic rings. The number of amides is 1. The zero-order valence-corrected chi connectivity index (χ0v) is 27.6. The first-order valence-electron chi connectivity index (χ1n) is 16.9. The lowest BCUT2D eigenvalue weighted by Gasteiger charge is -2.41. The predicted octanol–water partition coefficient (Wildman–Crippen LogP) is 5.66. The number of aryl methyl sites for hydroxylation is 1. The number of carbonyl (C=O) groups excluding carboxylic acids is 1. The van der Waals surface area contributed by atoms with Crippen LogP contribution in [0, 0.1) is 13.5 Å². The van der Waals surface area contributed by atoms with Gasteiger partial charge in [0.2, 0.25) is 12.5 Å². The Morgan fingerprint density at radius 2 is 1.91 bits per heavy atom. The first kappa shape index (κ1) is 31.8. The molecule has 0 unspecified atom stereocenters. The molecule has 46 heavy (non-hydrogen) atoms. The molecule has 0 N–H and O–H groups in total. The van der Waals surface area contributed by atoms with E-state index >= 15 is 0 Å². The molecular weight excluding hydrogens is 574 g/mol. The van der Waals surface area contributed by atoms with Crippen molar-refractivity contribution in [2.45, 2.75) is 77.1 Å². The highest BCUT2D eigenvalue weighted by atomic mass is 16.5. The number of nitrogens with zero attached hydrogens (tertiary/aromatic N) is 7. The van der Waals surface area contributed by atoms with E-state index in [1.165, 1.54) is 60.2 Å². The molecule has 9 nitrogen and oxygen atoms in total. The van der Waals surface area contributed by atoms with Gasteiger partial charge in [0.25, 0.3) is 0 Å². The maximum atomic E-state index is 12.6. The normalized spacial score (nSPS) is 19.5. The van der Waals surface area contributed by atoms with E-state index in [1.807, 2.05) is 0 Å². The molecule has 6 rings (SSSR count). The third-order valence-corrected chi connectivity index (χ3v) is 10.0. The van der Waals surface area contributed by atoms with Gasteiger partial charge in [0, 0.05) is 55.4 Å². The molecule has 1 saturated heterocycles. The second-order valence-electron chi connectivity index (χ2n) is 13.2. The van der Waals surface area contributed by atoms with Gasteiger partial charge in [0.15, 0.2) is 0 Å². The number of anilines is 2. The van der Waals surface area contributed by atoms with Gasteiger partial charge in [-0.15, -0.1) is 0 Å². The van der Waals surface area contributed by atoms with E-state index in [2.05, 4.69) is 83.4 Å². The van der Waals surface area contributed by atoms with Crippen molar-refractivity contribution in [3.63, 3.8) is 0 Å². The van der Waals surface area contributed by atoms with Crippen LogP contribution in [0.4, 0.5) is 11.5 Å². The van der Waals surface area contributed by atoms with Crippen LogP contribution in [0.1, 0.15) is 55.8 Å². The maximum Gasteiger partial charge on any atom is 0.318 e. The molecule has 2 aliphatic heterocycles. The first-order chi connectivity index (χ1) is 22.4. The van der Waals surface area contributed by atoms with Crippen molar-refractivity contribution in [2.75, 3.05) is 56.1 Å². The minimum Gasteiger partial charge on any atom is -0.459 e. The molecule has 3 heterocycles. The quantitative estimate of drug-likeness (QED) is 0.226. The van der Waals surface area contributed by atoms with Gasteiger partial charge >= 0.3 is 6.01 Å². The Bertz CT molecular complexity index is 1610. The molecule has 2 aromatic carbocycles. The van der Waals surface area contributed by atoms with Gasteiger partial charge in [-0.05, 0) is 63.2 Å². The Hall–Kier alpha value is -4.16. The summed E-state index contributed by atoms with van der Waals surface area (Å²) in [7, 11) is 2.21. The van der Waals surface area contributed by atoms with Crippen molar-refractivity contribution in [3.8, 4) is 6.01 Å². The summed E-state index contributed by atoms with van der Waals surface area (Å²) in [5, 5.41) is 2.52. The fourth-order valence-electron chi connectivity index (χ4n) is 7.69. The highest BCUT2D eigenvalue weighted by molar-refractivity contribution is 5.97. The van der Waals surface area contributed by atoms with Gasteiger partial charge in [0.05, 0.1) is 12.2 Å². The molecule has 242 valence electrons. The Morgan fingerprint density at radius 1 is 1.13 bits per heavy atom. The molecule has 2 atom stereocenters. The van der Waals surface area contributed by atoms with E-state index in [4.69, 9.17) is 21.3 Å². The van der Waals surface area contributed by atoms with E-state index < -0.39 is 0 Å². The van der Waals surface area contributed by atoms with Gasteiger partial charge in [-0.25, -0.2) is 6.57 Å². The molecule has 3 aromatic rings. The second-order valence-corrected chi connectivity index (χ2v) is 13.2. The lowest BCUT2D eigenvalue weighted by Crippen LogP contribution is -2.56. The number of rotatable bonds is 9. The summed E-state index contributed by atoms with van der Waals surface area (Å²) in [5.41, 5.74) is 4.61. The number of carbonyl (C=O) groups is 1. The molecule has 1 aliphatic carbocycles. The molecule has 1 amide bonds. The van der Waals surface area contributed by atoms with Gasteiger partial charge in [-0.2, -0.15) is 9.97 Å². The van der Waals surface area contributed by atoms with Gasteiger partial charge in [-0.3, -0.25) is 9.69 Å². The van der Waals surface area contributed by atoms with Crippen LogP contribution in [0.25, 0.3) is 15.6 Å². The topological polar surface area (TPSA) is 69.4 Å². The van der Waals surface area contributed by atoms with Crippen LogP contribution in [0.2, 0.25) is 0 Å². The summed E-state index contributed by atoms with van der Waals surface area (Å²) in [6.45, 7) is 19.8. The second kappa shape index (κ2) is 14.1. The molecule has 0 spiro atoms. The minimum atomic E-state index is -0.228. The Kier molecular flexibility index (Phi) is 9.74. The predicted molar refractivity (Wildman–Crippen MR) is 184 cm³/mol. The van der Waals surface area contributed by atoms with E-state index in [0.717, 1.165) is 36.6 Å². The van der Waals surface area contributed by atoms with Crippen LogP contribution in [-0.4, -0.2) is 90.2 Å². The van der Waals surface area contributed by atoms with Crippen molar-refractivity contribution in [2.24, 2.45) is 0 Å². The summed E-state index contributed by atoms with van der Waals surface area (Å²) in [6, 6.07) is 13.8. The highest BCUT2D eigenvalue weighted by Gasteiger charge is 2.35. The Labute approximate surface area is 273 Å². The van der Waals surface area contributed by atoms with Crippen molar-refractivity contribution >= 4 is 28.2 Å². The van der Waals surface area contributed by atoms with Gasteiger partial charge < -0.3 is 24.3 Å². The number of hydrogen-bond donors (Lipinski definition) is 0. The lowest BCUT2D eigenvalue weighted by atomic mass is 9.94. The van der Waals surface area contributed by atoms with Crippen LogP contribution in [0.3, 0.4) is 0 Å². The van der Waals surface area contributed by atoms with Gasteiger partial charge in [0.1, 0.15) is 18.0 Å². The number of hydrogen-bond acceptors (Lipinski definition) is 7. The van der Waals surface area contributed by atoms with E-state index in [-0.39, 0.29) is 24.6 Å². The fourth-order valence-corrected chi connectivity index (χ4v) is 7.69. The summed E-state index contributed by atoms with van der Waals surface area (Å²) < 4.78 is 6.52. The van der Waals surface area contributed by atoms with Crippen molar-refractivity contribution in [1.82, 2.24) is 19.8 Å². The largest absolute Gasteiger partial charge is 0.459 e. The molecule has 0 bridgehead atoms. The summed E-state index contributed by atoms with van der Waals surface area (Å²) in [6.07, 6.45) is 8.51. The average Bonchev–Trinajstić information content (AvgIpc) is 3.07. The van der Waals surface area contributed by atoms with Crippen LogP contribution in [0.5, 0.6) is 6.01 Å². The first-order valence-corrected chi connectivity index (χ1v) is 16.9. The fraction of sp³-hybridized carbons (Fsp3) is 0.514. The Morgan fingerprint density at radius 3 is 2.67 bits per heavy atom. The highest BCUT2D eigenvalue weighted by Crippen LogP contribution is 2.36. The molecular formula is C37H47N7O2. The molecule has 0 radical (unpaired) electrons. The molecule has 9 heteroatoms. The monoisotopic (exact) mass is 621 g/mol. The van der Waals surface area contributed by atoms with Gasteiger partial charge in [-0.1, -0.05) is 56.2 Å². The van der Waals surface area contributed by atoms with Crippen LogP contribution >= 0.6 is 0 Å². The van der Waals surface area contributed by atoms with E-state index in [0.29, 0.717) is 38.2 Å². The molecule has 2 fully saturated rings. The number of likely N-dealkylation sites (N-methyl/N-ethyl adjacent to an activating group) is 1. The maximum absolute atomic E-state index is 12.6. The minimum absolute atomic E-state index is 0.0739. The number of aromatic nitrogens is 2. The van der Waals surface area contributed by atoms with Crippen molar-refractivity contribution < 1.29 is 9.53 Å². The average molecular weight is 622 g/mol. The summed E-state index contributed by atoms with van der Waals surface area (Å²) in [4.78, 5) is 35.3. The summed E-state index contributed by atoms with van der Waals surface area (Å²) >= 11 is 0. The lowest BCUT2D eigenvalue weighted by molar-refractivity contribution is -0.128. The zero-order chi connectivity index (χ0) is 32.2. The summed E-state index contributed by atoms with van der Waals surface area (Å²) in [5.74, 6) is 0.751. The number of fused-ring (bicyclic) bond motifs is 2. The third kappa shape index (κ3) is 6.68. The third-order valence-electron chi connectivity index (χ3n) is 10.0. The van der Waals surface area contributed by atoms with Crippen LogP contribution < -0.4 is 14.5 Å². The Balaban J connectivity index is 1.31. The van der Waals surface area contributed by atoms with E-state index in [1.54, 1.807) is 4.90 Å². The smallest absolute Gasteiger partial charge is 0.318 e. The molecule has 1 saturated carbocycles. The van der Waals surface area contributed by atoms with Crippen LogP contribution in [-0.2, 0) is 17.8 Å². The van der Waals surface area contributed by atoms with E-state index in [9.17, 15) is 4.79 Å². The standard InChI is InChI=1S/C37H47N7O2/c1-6-34(45)44-21-20-43(24-30(44)22-38-4)36-31-18-19-42(33-17-11-14-28-13-10-12-26(2)35(28)33)25-32(31)39-37(40-36)46-27(3)23-41(5)29-15-8-7-9-16-29/h6,10-14,17,27,29-30H,1,7-9,15-16,18-25H2,2-3,5H3/t27-,30-/m0/s1. The molecule has 1 aromatic heterocycles. The van der Waals surface area contributed by atoms with Crippen molar-refractivity contribution in [3.05, 3.63) is 77.3 Å². The number of ether oxygens (including phenoxy) is 1. The zero-order valence-electron chi connectivity index (χ0n) is 27.6.